The molecule has 0 saturated heterocycles. The van der Waals surface area contributed by atoms with E-state index in [1.807, 2.05) is 0 Å². The molecule has 1 aromatic carbocycles. The number of aryl methyl sites for hydroxylation is 1. The quantitative estimate of drug-likeness (QED) is 0.812. The van der Waals surface area contributed by atoms with E-state index in [9.17, 15) is 26.3 Å². The van der Waals surface area contributed by atoms with Crippen LogP contribution >= 0.6 is 0 Å². The lowest BCUT2D eigenvalue weighted by atomic mass is 9.94. The molecule has 0 aliphatic heterocycles. The highest BCUT2D eigenvalue weighted by Crippen LogP contribution is 2.43. The molecule has 0 saturated carbocycles. The van der Waals surface area contributed by atoms with Crippen LogP contribution in [0.25, 0.3) is 0 Å². The van der Waals surface area contributed by atoms with Crippen LogP contribution in [0.1, 0.15) is 29.2 Å². The first-order valence-corrected chi connectivity index (χ1v) is 5.03. The summed E-state index contributed by atoms with van der Waals surface area (Å²) in [7, 11) is 0. The number of alkyl halides is 6. The first-order valence-electron chi connectivity index (χ1n) is 5.03. The molecule has 0 aliphatic carbocycles. The van der Waals surface area contributed by atoms with Gasteiger partial charge in [0.25, 0.3) is 0 Å². The first kappa shape index (κ1) is 14.8. The van der Waals surface area contributed by atoms with Crippen molar-refractivity contribution in [1.82, 2.24) is 0 Å². The first-order chi connectivity index (χ1) is 8.12. The van der Waals surface area contributed by atoms with Crippen molar-refractivity contribution >= 4 is 0 Å². The Morgan fingerprint density at radius 3 is 1.89 bits per heavy atom. The van der Waals surface area contributed by atoms with Gasteiger partial charge in [-0.05, 0) is 23.6 Å². The Hall–Kier alpha value is -1.24. The van der Waals surface area contributed by atoms with Crippen LogP contribution < -0.4 is 0 Å². The van der Waals surface area contributed by atoms with Crippen LogP contribution in [-0.2, 0) is 25.4 Å². The summed E-state index contributed by atoms with van der Waals surface area (Å²) in [4.78, 5) is 0. The third kappa shape index (κ3) is 2.77. The van der Waals surface area contributed by atoms with E-state index >= 15 is 0 Å². The van der Waals surface area contributed by atoms with E-state index in [-0.39, 0.29) is 12.0 Å². The molecule has 0 spiro atoms. The molecule has 0 fully saturated rings. The maximum atomic E-state index is 12.7. The SMILES string of the molecule is CCc1ccc(C(F)(F)F)c(C(F)(F)F)c1CO. The molecule has 0 amide bonds. The van der Waals surface area contributed by atoms with Gasteiger partial charge in [0, 0.05) is 0 Å². The van der Waals surface area contributed by atoms with Gasteiger partial charge in [-0.2, -0.15) is 26.3 Å². The number of aliphatic hydroxyl groups excluding tert-OH is 1. The van der Waals surface area contributed by atoms with Crippen LogP contribution in [0.5, 0.6) is 0 Å². The number of aliphatic hydroxyl groups is 1. The van der Waals surface area contributed by atoms with Gasteiger partial charge >= 0.3 is 12.4 Å². The molecule has 18 heavy (non-hydrogen) atoms. The van der Waals surface area contributed by atoms with Crippen molar-refractivity contribution in [3.63, 3.8) is 0 Å². The van der Waals surface area contributed by atoms with Gasteiger partial charge in [-0.3, -0.25) is 0 Å². The van der Waals surface area contributed by atoms with Gasteiger partial charge in [0.05, 0.1) is 17.7 Å². The van der Waals surface area contributed by atoms with E-state index in [4.69, 9.17) is 5.11 Å². The Balaban J connectivity index is 3.66. The Morgan fingerprint density at radius 1 is 1.00 bits per heavy atom. The third-order valence-corrected chi connectivity index (χ3v) is 2.54. The normalized spacial score (nSPS) is 12.9. The van der Waals surface area contributed by atoms with Crippen LogP contribution in [0.15, 0.2) is 12.1 Å². The van der Waals surface area contributed by atoms with Crippen LogP contribution in [0, 0.1) is 0 Å². The van der Waals surface area contributed by atoms with E-state index in [0.717, 1.165) is 6.07 Å². The van der Waals surface area contributed by atoms with E-state index in [2.05, 4.69) is 0 Å². The summed E-state index contributed by atoms with van der Waals surface area (Å²) in [5.41, 5.74) is -4.22. The van der Waals surface area contributed by atoms with E-state index in [0.29, 0.717) is 6.07 Å². The fraction of sp³-hybridized carbons (Fsp3) is 0.455. The van der Waals surface area contributed by atoms with E-state index in [1.54, 1.807) is 0 Å². The Morgan fingerprint density at radius 2 is 1.56 bits per heavy atom. The second-order valence-electron chi connectivity index (χ2n) is 3.63. The van der Waals surface area contributed by atoms with Gasteiger partial charge in [-0.15, -0.1) is 0 Å². The van der Waals surface area contributed by atoms with Crippen molar-refractivity contribution < 1.29 is 31.4 Å². The molecule has 1 nitrogen and oxygen atoms in total. The van der Waals surface area contributed by atoms with Crippen LogP contribution in [0.3, 0.4) is 0 Å². The number of halogens is 6. The van der Waals surface area contributed by atoms with Gasteiger partial charge in [-0.1, -0.05) is 13.0 Å². The molecule has 0 aliphatic rings. The number of hydrogen-bond acceptors (Lipinski definition) is 1. The van der Waals surface area contributed by atoms with Gasteiger partial charge in [-0.25, -0.2) is 0 Å². The molecule has 102 valence electrons. The Bertz CT molecular complexity index is 432. The highest BCUT2D eigenvalue weighted by molar-refractivity contribution is 5.44. The highest BCUT2D eigenvalue weighted by Gasteiger charge is 2.45. The van der Waals surface area contributed by atoms with Crippen LogP contribution in [-0.4, -0.2) is 5.11 Å². The molecular weight excluding hydrogens is 262 g/mol. The van der Waals surface area contributed by atoms with Gasteiger partial charge in [0.2, 0.25) is 0 Å². The predicted octanol–water partition coefficient (Wildman–Crippen LogP) is 3.78. The topological polar surface area (TPSA) is 20.2 Å². The minimum atomic E-state index is -5.16. The maximum Gasteiger partial charge on any atom is 0.417 e. The van der Waals surface area contributed by atoms with Crippen molar-refractivity contribution in [2.24, 2.45) is 0 Å². The predicted molar refractivity (Wildman–Crippen MR) is 51.7 cm³/mol. The fourth-order valence-corrected chi connectivity index (χ4v) is 1.76. The zero-order valence-electron chi connectivity index (χ0n) is 9.28. The summed E-state index contributed by atoms with van der Waals surface area (Å²) >= 11 is 0. The zero-order valence-corrected chi connectivity index (χ0v) is 9.28. The number of rotatable bonds is 2. The van der Waals surface area contributed by atoms with Gasteiger partial charge in [0.1, 0.15) is 0 Å². The summed E-state index contributed by atoms with van der Waals surface area (Å²) < 4.78 is 75.8. The Labute approximate surface area is 99.0 Å². The molecule has 1 rings (SSSR count). The lowest BCUT2D eigenvalue weighted by molar-refractivity contribution is -0.162. The molecule has 0 bridgehead atoms. The van der Waals surface area contributed by atoms with Gasteiger partial charge < -0.3 is 5.11 Å². The van der Waals surface area contributed by atoms with Crippen LogP contribution in [0.4, 0.5) is 26.3 Å². The summed E-state index contributed by atoms with van der Waals surface area (Å²) in [6.45, 7) is 0.420. The second-order valence-corrected chi connectivity index (χ2v) is 3.63. The van der Waals surface area contributed by atoms with Crippen molar-refractivity contribution in [2.75, 3.05) is 0 Å². The zero-order chi connectivity index (χ0) is 14.1. The molecular formula is C11H10F6O. The number of hydrogen-bond donors (Lipinski definition) is 1. The molecule has 0 heterocycles. The summed E-state index contributed by atoms with van der Waals surface area (Å²) in [6, 6.07) is 1.37. The number of benzene rings is 1. The lowest BCUT2D eigenvalue weighted by Crippen LogP contribution is -2.20. The average molecular weight is 272 g/mol. The van der Waals surface area contributed by atoms with E-state index < -0.39 is 35.6 Å². The highest BCUT2D eigenvalue weighted by atomic mass is 19.4. The standard InChI is InChI=1S/C11H10F6O/c1-2-6-3-4-8(10(12,13)14)9(7(6)5-18)11(15,16)17/h3-4,18H,2,5H2,1H3. The van der Waals surface area contributed by atoms with Crippen molar-refractivity contribution in [3.8, 4) is 0 Å². The molecule has 1 aromatic rings. The van der Waals surface area contributed by atoms with Gasteiger partial charge in [0.15, 0.2) is 0 Å². The second kappa shape index (κ2) is 4.79. The van der Waals surface area contributed by atoms with Crippen molar-refractivity contribution in [2.45, 2.75) is 32.3 Å². The molecule has 0 radical (unpaired) electrons. The molecule has 1 N–H and O–H groups in total. The molecule has 7 heteroatoms. The molecule has 0 aromatic heterocycles. The molecule has 0 unspecified atom stereocenters. The van der Waals surface area contributed by atoms with E-state index in [1.165, 1.54) is 6.92 Å². The lowest BCUT2D eigenvalue weighted by Gasteiger charge is -2.20. The summed E-state index contributed by atoms with van der Waals surface area (Å²) in [5, 5.41) is 8.92. The van der Waals surface area contributed by atoms with Crippen molar-refractivity contribution in [1.29, 1.82) is 0 Å². The van der Waals surface area contributed by atoms with Crippen molar-refractivity contribution in [3.05, 3.63) is 34.4 Å². The smallest absolute Gasteiger partial charge is 0.392 e. The summed E-state index contributed by atoms with van der Waals surface area (Å²) in [6.07, 6.45) is -10.2. The minimum Gasteiger partial charge on any atom is -0.392 e. The maximum absolute atomic E-state index is 12.7. The average Bonchev–Trinajstić information content (AvgIpc) is 2.24. The monoisotopic (exact) mass is 272 g/mol. The molecule has 0 atom stereocenters. The Kier molecular flexibility index (Phi) is 3.95. The van der Waals surface area contributed by atoms with Crippen LogP contribution in [0.2, 0.25) is 0 Å². The third-order valence-electron chi connectivity index (χ3n) is 2.54. The minimum absolute atomic E-state index is 0.0535. The largest absolute Gasteiger partial charge is 0.417 e. The summed E-state index contributed by atoms with van der Waals surface area (Å²) in [5.74, 6) is 0. The fourth-order valence-electron chi connectivity index (χ4n) is 1.76.